The lowest BCUT2D eigenvalue weighted by molar-refractivity contribution is -0.129. The molecule has 12 heavy (non-hydrogen) atoms. The van der Waals surface area contributed by atoms with Gasteiger partial charge in [-0.1, -0.05) is 0 Å². The van der Waals surface area contributed by atoms with E-state index in [0.717, 1.165) is 11.5 Å². The first-order chi connectivity index (χ1) is 5.58. The SMILES string of the molecule is FC(F)(F)CCS[S+]1CCCC1. The van der Waals surface area contributed by atoms with Gasteiger partial charge in [-0.2, -0.15) is 13.2 Å². The molecule has 0 aromatic carbocycles. The fourth-order valence-corrected chi connectivity index (χ4v) is 5.44. The van der Waals surface area contributed by atoms with Crippen molar-refractivity contribution in [3.8, 4) is 0 Å². The van der Waals surface area contributed by atoms with E-state index in [2.05, 4.69) is 0 Å². The minimum atomic E-state index is -3.96. The van der Waals surface area contributed by atoms with E-state index in [1.54, 1.807) is 0 Å². The van der Waals surface area contributed by atoms with Crippen LogP contribution in [0.5, 0.6) is 0 Å². The third kappa shape index (κ3) is 4.50. The van der Waals surface area contributed by atoms with Crippen LogP contribution < -0.4 is 0 Å². The van der Waals surface area contributed by atoms with E-state index >= 15 is 0 Å². The van der Waals surface area contributed by atoms with Crippen molar-refractivity contribution in [2.75, 3.05) is 17.3 Å². The monoisotopic (exact) mass is 217 g/mol. The van der Waals surface area contributed by atoms with Crippen LogP contribution in [0, 0.1) is 0 Å². The Labute approximate surface area is 77.0 Å². The van der Waals surface area contributed by atoms with Crippen molar-refractivity contribution in [1.82, 2.24) is 0 Å². The van der Waals surface area contributed by atoms with Crippen molar-refractivity contribution >= 4 is 20.7 Å². The Morgan fingerprint density at radius 1 is 1.17 bits per heavy atom. The average Bonchev–Trinajstić information content (AvgIpc) is 2.36. The molecule has 1 aliphatic rings. The summed E-state index contributed by atoms with van der Waals surface area (Å²) < 4.78 is 35.2. The zero-order valence-corrected chi connectivity index (χ0v) is 8.33. The standard InChI is InChI=1S/C7H12F3S2/c8-7(9,10)3-4-11-12-5-1-2-6-12/h1-6H2/q+1. The molecule has 0 bridgehead atoms. The van der Waals surface area contributed by atoms with Gasteiger partial charge in [0.2, 0.25) is 0 Å². The molecule has 0 N–H and O–H groups in total. The van der Waals surface area contributed by atoms with Gasteiger partial charge in [0.25, 0.3) is 0 Å². The molecule has 0 spiro atoms. The van der Waals surface area contributed by atoms with Gasteiger partial charge in [-0.05, 0) is 12.8 Å². The van der Waals surface area contributed by atoms with E-state index in [9.17, 15) is 13.2 Å². The molecule has 0 radical (unpaired) electrons. The van der Waals surface area contributed by atoms with Gasteiger partial charge >= 0.3 is 6.18 Å². The smallest absolute Gasteiger partial charge is 0.171 e. The highest BCUT2D eigenvalue weighted by atomic mass is 33.1. The molecule has 5 heteroatoms. The third-order valence-corrected chi connectivity index (χ3v) is 6.32. The summed E-state index contributed by atoms with van der Waals surface area (Å²) in [6, 6.07) is 0. The van der Waals surface area contributed by atoms with Crippen LogP contribution in [-0.4, -0.2) is 23.4 Å². The van der Waals surface area contributed by atoms with Gasteiger partial charge in [-0.25, -0.2) is 0 Å². The Kier molecular flexibility index (Phi) is 4.10. The van der Waals surface area contributed by atoms with Gasteiger partial charge < -0.3 is 0 Å². The second-order valence-electron chi connectivity index (χ2n) is 2.74. The van der Waals surface area contributed by atoms with E-state index in [1.165, 1.54) is 23.6 Å². The highest BCUT2D eigenvalue weighted by Gasteiger charge is 2.31. The summed E-state index contributed by atoms with van der Waals surface area (Å²) in [6.07, 6.45) is -2.17. The average molecular weight is 217 g/mol. The first-order valence-corrected chi connectivity index (χ1v) is 7.02. The van der Waals surface area contributed by atoms with Crippen molar-refractivity contribution < 1.29 is 13.2 Å². The van der Waals surface area contributed by atoms with Crippen LogP contribution in [0.4, 0.5) is 13.2 Å². The van der Waals surface area contributed by atoms with E-state index in [0.29, 0.717) is 0 Å². The minimum Gasteiger partial charge on any atom is -0.171 e. The molecule has 0 unspecified atom stereocenters. The molecule has 0 saturated carbocycles. The number of alkyl halides is 3. The maximum absolute atomic E-state index is 11.7. The Morgan fingerprint density at radius 2 is 1.75 bits per heavy atom. The largest absolute Gasteiger partial charge is 0.390 e. The predicted octanol–water partition coefficient (Wildman–Crippen LogP) is 3.00. The second-order valence-corrected chi connectivity index (χ2v) is 7.20. The van der Waals surface area contributed by atoms with Crippen molar-refractivity contribution in [3.05, 3.63) is 0 Å². The van der Waals surface area contributed by atoms with Crippen molar-refractivity contribution in [3.63, 3.8) is 0 Å². The molecular formula is C7H12F3S2+. The Balaban J connectivity index is 2.02. The molecule has 0 atom stereocenters. The molecule has 0 nitrogen and oxygen atoms in total. The van der Waals surface area contributed by atoms with Crippen LogP contribution in [0.2, 0.25) is 0 Å². The Hall–Kier alpha value is 0.490. The number of hydrogen-bond acceptors (Lipinski definition) is 1. The summed E-state index contributed by atoms with van der Waals surface area (Å²) in [5, 5.41) is 0. The summed E-state index contributed by atoms with van der Waals surface area (Å²) in [7, 11) is 1.77. The van der Waals surface area contributed by atoms with Gasteiger partial charge in [0.1, 0.15) is 11.5 Å². The zero-order chi connectivity index (χ0) is 9.03. The zero-order valence-electron chi connectivity index (χ0n) is 6.69. The van der Waals surface area contributed by atoms with Crippen molar-refractivity contribution in [2.45, 2.75) is 25.4 Å². The van der Waals surface area contributed by atoms with E-state index in [-0.39, 0.29) is 15.7 Å². The highest BCUT2D eigenvalue weighted by Crippen LogP contribution is 2.29. The lowest BCUT2D eigenvalue weighted by Crippen LogP contribution is -2.09. The first kappa shape index (κ1) is 10.6. The van der Waals surface area contributed by atoms with Crippen molar-refractivity contribution in [2.24, 2.45) is 0 Å². The fraction of sp³-hybridized carbons (Fsp3) is 1.00. The number of hydrogen-bond donors (Lipinski definition) is 0. The second kappa shape index (κ2) is 4.65. The summed E-state index contributed by atoms with van der Waals surface area (Å²) in [5.41, 5.74) is 0. The quantitative estimate of drug-likeness (QED) is 0.517. The lowest BCUT2D eigenvalue weighted by atomic mass is 10.4. The van der Waals surface area contributed by atoms with Gasteiger partial charge in [0, 0.05) is 0 Å². The van der Waals surface area contributed by atoms with Crippen molar-refractivity contribution in [1.29, 1.82) is 0 Å². The summed E-state index contributed by atoms with van der Waals surface area (Å²) in [5.74, 6) is 2.54. The molecule has 0 aliphatic carbocycles. The Morgan fingerprint density at radius 3 is 2.25 bits per heavy atom. The highest BCUT2D eigenvalue weighted by molar-refractivity contribution is 8.74. The van der Waals surface area contributed by atoms with Crippen LogP contribution in [-0.2, 0) is 9.93 Å². The number of rotatable bonds is 3. The number of halogens is 3. The third-order valence-electron chi connectivity index (χ3n) is 1.63. The van der Waals surface area contributed by atoms with Crippen LogP contribution in [0.1, 0.15) is 19.3 Å². The molecule has 1 fully saturated rings. The molecule has 1 rings (SSSR count). The van der Waals surface area contributed by atoms with Gasteiger partial charge in [-0.3, -0.25) is 0 Å². The minimum absolute atomic E-state index is 0.255. The Bertz CT molecular complexity index is 129. The molecule has 1 heterocycles. The molecule has 0 aromatic heterocycles. The van der Waals surface area contributed by atoms with E-state index < -0.39 is 12.6 Å². The lowest BCUT2D eigenvalue weighted by Gasteiger charge is -2.03. The molecule has 1 aliphatic heterocycles. The van der Waals surface area contributed by atoms with Crippen LogP contribution >= 0.6 is 10.8 Å². The van der Waals surface area contributed by atoms with Crippen LogP contribution in [0.3, 0.4) is 0 Å². The molecule has 0 amide bonds. The molecular weight excluding hydrogens is 205 g/mol. The fourth-order valence-electron chi connectivity index (χ4n) is 1.02. The summed E-state index contributed by atoms with van der Waals surface area (Å²) in [4.78, 5) is 0. The maximum Gasteiger partial charge on any atom is 0.390 e. The predicted molar refractivity (Wildman–Crippen MR) is 49.5 cm³/mol. The van der Waals surface area contributed by atoms with Crippen LogP contribution in [0.15, 0.2) is 0 Å². The maximum atomic E-state index is 11.7. The first-order valence-electron chi connectivity index (χ1n) is 3.95. The van der Waals surface area contributed by atoms with Gasteiger partial charge in [0.05, 0.1) is 32.9 Å². The van der Waals surface area contributed by atoms with Gasteiger partial charge in [0.15, 0.2) is 0 Å². The van der Waals surface area contributed by atoms with E-state index in [4.69, 9.17) is 0 Å². The molecule has 0 aromatic rings. The normalized spacial score (nSPS) is 20.2. The van der Waals surface area contributed by atoms with Gasteiger partial charge in [-0.15, -0.1) is 0 Å². The summed E-state index contributed by atoms with van der Waals surface area (Å²) in [6.45, 7) is 0. The summed E-state index contributed by atoms with van der Waals surface area (Å²) >= 11 is 0. The van der Waals surface area contributed by atoms with Crippen LogP contribution in [0.25, 0.3) is 0 Å². The van der Waals surface area contributed by atoms with E-state index in [1.807, 2.05) is 0 Å². The molecule has 72 valence electrons. The topological polar surface area (TPSA) is 0 Å². The molecule has 1 saturated heterocycles.